The van der Waals surface area contributed by atoms with Crippen molar-refractivity contribution in [2.75, 3.05) is 20.3 Å². The lowest BCUT2D eigenvalue weighted by molar-refractivity contribution is 0.0705. The van der Waals surface area contributed by atoms with Crippen LogP contribution in [0.1, 0.15) is 27.4 Å². The molecule has 1 aromatic heterocycles. The second-order valence-electron chi connectivity index (χ2n) is 5.46. The summed E-state index contributed by atoms with van der Waals surface area (Å²) < 4.78 is 6.70. The minimum Gasteiger partial charge on any atom is -0.379 e. The van der Waals surface area contributed by atoms with Gasteiger partial charge in [0.2, 0.25) is 0 Å². The molecule has 7 heteroatoms. The first-order chi connectivity index (χ1) is 11.1. The van der Waals surface area contributed by atoms with Crippen molar-refractivity contribution in [2.45, 2.75) is 12.5 Å². The third-order valence-corrected chi connectivity index (χ3v) is 3.96. The highest BCUT2D eigenvalue weighted by molar-refractivity contribution is 5.97. The van der Waals surface area contributed by atoms with Crippen molar-refractivity contribution < 1.29 is 14.3 Å². The molecule has 0 spiro atoms. The zero-order valence-corrected chi connectivity index (χ0v) is 12.8. The molecule has 0 aliphatic carbocycles. The average molecular weight is 314 g/mol. The quantitative estimate of drug-likeness (QED) is 0.905. The Labute approximate surface area is 133 Å². The molecule has 120 valence electrons. The molecular formula is C16H18N4O3. The first kappa shape index (κ1) is 15.2. The van der Waals surface area contributed by atoms with Crippen LogP contribution in [-0.4, -0.2) is 52.8 Å². The summed E-state index contributed by atoms with van der Waals surface area (Å²) in [4.78, 5) is 25.9. The van der Waals surface area contributed by atoms with E-state index >= 15 is 0 Å². The van der Waals surface area contributed by atoms with Gasteiger partial charge in [-0.1, -0.05) is 18.2 Å². The Morgan fingerprint density at radius 1 is 1.35 bits per heavy atom. The molecule has 0 bridgehead atoms. The molecule has 1 aromatic carbocycles. The minimum absolute atomic E-state index is 0.0291. The Morgan fingerprint density at radius 3 is 2.70 bits per heavy atom. The number of carbonyl (C=O) groups excluding carboxylic acids is 2. The Kier molecular flexibility index (Phi) is 4.12. The van der Waals surface area contributed by atoms with E-state index in [-0.39, 0.29) is 23.3 Å². The van der Waals surface area contributed by atoms with Gasteiger partial charge in [0.1, 0.15) is 5.69 Å². The number of primary amides is 1. The van der Waals surface area contributed by atoms with Crippen LogP contribution < -0.4 is 5.73 Å². The van der Waals surface area contributed by atoms with Crippen LogP contribution in [0.4, 0.5) is 0 Å². The van der Waals surface area contributed by atoms with Crippen LogP contribution in [0.15, 0.2) is 36.4 Å². The van der Waals surface area contributed by atoms with Crippen molar-refractivity contribution in [2.24, 2.45) is 5.73 Å². The normalized spacial score (nSPS) is 17.2. The third kappa shape index (κ3) is 2.95. The van der Waals surface area contributed by atoms with E-state index in [1.807, 2.05) is 18.2 Å². The Hall–Kier alpha value is -2.67. The van der Waals surface area contributed by atoms with E-state index in [9.17, 15) is 9.59 Å². The highest BCUT2D eigenvalue weighted by Crippen LogP contribution is 2.17. The molecule has 1 aliphatic rings. The fourth-order valence-corrected chi connectivity index (χ4v) is 2.60. The highest BCUT2D eigenvalue weighted by atomic mass is 16.5. The number of aromatic nitrogens is 2. The van der Waals surface area contributed by atoms with Crippen molar-refractivity contribution in [3.05, 3.63) is 47.8 Å². The number of hydrogen-bond acceptors (Lipinski definition) is 4. The number of amides is 2. The fourth-order valence-electron chi connectivity index (χ4n) is 2.60. The SMILES string of the molecule is CN(C(=O)c1cc(C(N)=O)n(-c2ccccc2)n1)C1CCOC1. The van der Waals surface area contributed by atoms with Gasteiger partial charge < -0.3 is 15.4 Å². The topological polar surface area (TPSA) is 90.5 Å². The molecule has 0 saturated carbocycles. The number of rotatable bonds is 4. The molecule has 1 atom stereocenters. The van der Waals surface area contributed by atoms with Crippen LogP contribution in [-0.2, 0) is 4.74 Å². The molecule has 7 nitrogen and oxygen atoms in total. The summed E-state index contributed by atoms with van der Waals surface area (Å²) in [5, 5.41) is 4.28. The molecule has 2 N–H and O–H groups in total. The third-order valence-electron chi connectivity index (χ3n) is 3.96. The second-order valence-corrected chi connectivity index (χ2v) is 5.46. The first-order valence-corrected chi connectivity index (χ1v) is 7.38. The summed E-state index contributed by atoms with van der Waals surface area (Å²) >= 11 is 0. The van der Waals surface area contributed by atoms with Gasteiger partial charge in [0.15, 0.2) is 5.69 Å². The lowest BCUT2D eigenvalue weighted by atomic mass is 10.2. The molecule has 3 rings (SSSR count). The molecule has 1 unspecified atom stereocenters. The van der Waals surface area contributed by atoms with Crippen LogP contribution in [0.2, 0.25) is 0 Å². The lowest BCUT2D eigenvalue weighted by Crippen LogP contribution is -2.37. The summed E-state index contributed by atoms with van der Waals surface area (Å²) in [5.74, 6) is -0.884. The van der Waals surface area contributed by atoms with Gasteiger partial charge in [-0.05, 0) is 18.6 Å². The number of ether oxygens (including phenoxy) is 1. The predicted molar refractivity (Wildman–Crippen MR) is 83.4 cm³/mol. The van der Waals surface area contributed by atoms with Gasteiger partial charge in [0, 0.05) is 19.7 Å². The molecule has 23 heavy (non-hydrogen) atoms. The van der Waals surface area contributed by atoms with Gasteiger partial charge >= 0.3 is 0 Å². The van der Waals surface area contributed by atoms with Crippen molar-refractivity contribution in [3.63, 3.8) is 0 Å². The summed E-state index contributed by atoms with van der Waals surface area (Å²) in [6.45, 7) is 1.16. The van der Waals surface area contributed by atoms with E-state index < -0.39 is 5.91 Å². The van der Waals surface area contributed by atoms with E-state index in [0.717, 1.165) is 6.42 Å². The number of carbonyl (C=O) groups is 2. The number of likely N-dealkylation sites (N-methyl/N-ethyl adjacent to an activating group) is 1. The second kappa shape index (κ2) is 6.21. The largest absolute Gasteiger partial charge is 0.379 e. The Morgan fingerprint density at radius 2 is 2.09 bits per heavy atom. The van der Waals surface area contributed by atoms with E-state index in [1.54, 1.807) is 24.1 Å². The van der Waals surface area contributed by atoms with Crippen LogP contribution in [0.5, 0.6) is 0 Å². The number of benzene rings is 1. The van der Waals surface area contributed by atoms with Gasteiger partial charge in [-0.2, -0.15) is 5.10 Å². The minimum atomic E-state index is -0.632. The lowest BCUT2D eigenvalue weighted by Gasteiger charge is -2.21. The summed E-state index contributed by atoms with van der Waals surface area (Å²) in [5.41, 5.74) is 6.46. The molecule has 2 aromatic rings. The molecule has 1 fully saturated rings. The van der Waals surface area contributed by atoms with Crippen molar-refractivity contribution in [3.8, 4) is 5.69 Å². The predicted octanol–water partition coefficient (Wildman–Crippen LogP) is 0.832. The first-order valence-electron chi connectivity index (χ1n) is 7.38. The highest BCUT2D eigenvalue weighted by Gasteiger charge is 2.27. The average Bonchev–Trinajstić information content (AvgIpc) is 3.24. The summed E-state index contributed by atoms with van der Waals surface area (Å²) in [6.07, 6.45) is 0.796. The van der Waals surface area contributed by atoms with Crippen LogP contribution in [0.3, 0.4) is 0 Å². The molecule has 2 heterocycles. The van der Waals surface area contributed by atoms with Gasteiger partial charge in [0.05, 0.1) is 18.3 Å². The van der Waals surface area contributed by atoms with Crippen molar-refractivity contribution >= 4 is 11.8 Å². The number of nitrogens with zero attached hydrogens (tertiary/aromatic N) is 3. The summed E-state index contributed by atoms with van der Waals surface area (Å²) in [7, 11) is 1.72. The molecule has 0 radical (unpaired) electrons. The maximum Gasteiger partial charge on any atom is 0.274 e. The monoisotopic (exact) mass is 314 g/mol. The van der Waals surface area contributed by atoms with Crippen LogP contribution in [0, 0.1) is 0 Å². The summed E-state index contributed by atoms with van der Waals surface area (Å²) in [6, 6.07) is 10.6. The molecule has 1 aliphatic heterocycles. The number of hydrogen-bond donors (Lipinski definition) is 1. The fraction of sp³-hybridized carbons (Fsp3) is 0.312. The van der Waals surface area contributed by atoms with Gasteiger partial charge in [-0.25, -0.2) is 4.68 Å². The Bertz CT molecular complexity index is 720. The Balaban J connectivity index is 1.94. The van der Waals surface area contributed by atoms with Gasteiger partial charge in [0.25, 0.3) is 11.8 Å². The number of para-hydroxylation sites is 1. The molecule has 2 amide bonds. The van der Waals surface area contributed by atoms with Gasteiger partial charge in [-0.15, -0.1) is 0 Å². The maximum atomic E-state index is 12.6. The van der Waals surface area contributed by atoms with Crippen molar-refractivity contribution in [1.29, 1.82) is 0 Å². The zero-order valence-electron chi connectivity index (χ0n) is 12.8. The number of nitrogens with two attached hydrogens (primary N) is 1. The zero-order chi connectivity index (χ0) is 16.4. The smallest absolute Gasteiger partial charge is 0.274 e. The van der Waals surface area contributed by atoms with Gasteiger partial charge in [-0.3, -0.25) is 9.59 Å². The van der Waals surface area contributed by atoms with Crippen LogP contribution in [0.25, 0.3) is 5.69 Å². The van der Waals surface area contributed by atoms with Crippen molar-refractivity contribution in [1.82, 2.24) is 14.7 Å². The maximum absolute atomic E-state index is 12.6. The molecule has 1 saturated heterocycles. The standard InChI is InChI=1S/C16H18N4O3/c1-19(12-7-8-23-10-12)16(22)13-9-14(15(17)21)20(18-13)11-5-3-2-4-6-11/h2-6,9,12H,7-8,10H2,1H3,(H2,17,21). The van der Waals surface area contributed by atoms with E-state index in [4.69, 9.17) is 10.5 Å². The van der Waals surface area contributed by atoms with E-state index in [0.29, 0.717) is 18.9 Å². The molecular weight excluding hydrogens is 296 g/mol. The van der Waals surface area contributed by atoms with E-state index in [2.05, 4.69) is 5.10 Å². The van der Waals surface area contributed by atoms with E-state index in [1.165, 1.54) is 10.7 Å². The van der Waals surface area contributed by atoms with Crippen LogP contribution >= 0.6 is 0 Å².